The molecule has 0 aromatic rings. The topological polar surface area (TPSA) is 50.7 Å². The Hall–Kier alpha value is -0.690. The van der Waals surface area contributed by atoms with E-state index < -0.39 is 0 Å². The van der Waals surface area contributed by atoms with Crippen LogP contribution in [0.1, 0.15) is 58.8 Å². The number of nitrogens with two attached hydrogens (primary N) is 1. The van der Waals surface area contributed by atoms with Crippen LogP contribution in [-0.4, -0.2) is 24.0 Å². The molecule has 0 rings (SSSR count). The quantitative estimate of drug-likeness (QED) is 0.292. The van der Waals surface area contributed by atoms with Crippen LogP contribution in [0.5, 0.6) is 0 Å². The van der Waals surface area contributed by atoms with Gasteiger partial charge in [-0.15, -0.1) is 8.86 Å². The Labute approximate surface area is 108 Å². The predicted octanol–water partition coefficient (Wildman–Crippen LogP) is 3.46. The SMILES string of the molecule is CCC(CC)=NC(N)=NCCCCCCC=P. The minimum Gasteiger partial charge on any atom is -0.368 e. The number of unbranched alkanes of at least 4 members (excludes halogenated alkanes) is 4. The normalized spacial score (nSPS) is 11.3. The molecule has 0 aromatic carbocycles. The van der Waals surface area contributed by atoms with Gasteiger partial charge < -0.3 is 5.73 Å². The van der Waals surface area contributed by atoms with Gasteiger partial charge in [-0.2, -0.15) is 0 Å². The van der Waals surface area contributed by atoms with Gasteiger partial charge in [0.05, 0.1) is 0 Å². The van der Waals surface area contributed by atoms with Crippen molar-refractivity contribution in [1.82, 2.24) is 0 Å². The van der Waals surface area contributed by atoms with Crippen molar-refractivity contribution in [2.24, 2.45) is 15.7 Å². The van der Waals surface area contributed by atoms with Crippen molar-refractivity contribution in [2.75, 3.05) is 6.54 Å². The summed E-state index contributed by atoms with van der Waals surface area (Å²) in [5.41, 5.74) is 6.86. The third-order valence-electron chi connectivity index (χ3n) is 2.62. The van der Waals surface area contributed by atoms with Gasteiger partial charge in [-0.1, -0.05) is 32.5 Å². The molecule has 4 heteroatoms. The van der Waals surface area contributed by atoms with Crippen LogP contribution in [-0.2, 0) is 0 Å². The average Bonchev–Trinajstić information content (AvgIpc) is 2.34. The Balaban J connectivity index is 3.69. The van der Waals surface area contributed by atoms with Crippen LogP contribution in [0.4, 0.5) is 0 Å². The maximum Gasteiger partial charge on any atom is 0.215 e. The lowest BCUT2D eigenvalue weighted by molar-refractivity contribution is 0.663. The molecule has 0 fully saturated rings. The van der Waals surface area contributed by atoms with Crippen molar-refractivity contribution in [2.45, 2.75) is 58.8 Å². The van der Waals surface area contributed by atoms with Gasteiger partial charge in [-0.05, 0) is 32.1 Å². The molecule has 0 aromatic heterocycles. The third-order valence-corrected chi connectivity index (χ3v) is 2.91. The molecule has 0 unspecified atom stereocenters. The minimum atomic E-state index is 0.442. The number of guanidine groups is 1. The first-order chi connectivity index (χ1) is 8.24. The number of hydrogen-bond donors (Lipinski definition) is 1. The highest BCUT2D eigenvalue weighted by molar-refractivity contribution is 7.18. The van der Waals surface area contributed by atoms with Crippen LogP contribution >= 0.6 is 8.86 Å². The first-order valence-corrected chi connectivity index (χ1v) is 7.17. The van der Waals surface area contributed by atoms with E-state index in [2.05, 4.69) is 32.7 Å². The van der Waals surface area contributed by atoms with Crippen LogP contribution in [0.25, 0.3) is 0 Å². The molecule has 0 amide bonds. The molecule has 0 aliphatic heterocycles. The molecule has 0 radical (unpaired) electrons. The minimum absolute atomic E-state index is 0.442. The van der Waals surface area contributed by atoms with Gasteiger partial charge >= 0.3 is 0 Å². The summed E-state index contributed by atoms with van der Waals surface area (Å²) in [6, 6.07) is 0. The summed E-state index contributed by atoms with van der Waals surface area (Å²) in [6.07, 6.45) is 7.88. The Morgan fingerprint density at radius 2 is 1.76 bits per heavy atom. The average molecular weight is 255 g/mol. The van der Waals surface area contributed by atoms with Gasteiger partial charge in [0.25, 0.3) is 0 Å². The standard InChI is InChI=1S/C13H26N3P/c1-3-12(4-2)16-13(14)15-10-8-6-5-7-9-11-17/h11,17H,3-10H2,1-2H3,(H2,14,15). The van der Waals surface area contributed by atoms with E-state index in [4.69, 9.17) is 5.73 Å². The first kappa shape index (κ1) is 16.3. The van der Waals surface area contributed by atoms with Crippen LogP contribution < -0.4 is 5.73 Å². The van der Waals surface area contributed by atoms with E-state index in [1.807, 2.05) is 5.80 Å². The zero-order chi connectivity index (χ0) is 12.9. The largest absolute Gasteiger partial charge is 0.368 e. The van der Waals surface area contributed by atoms with E-state index in [1.165, 1.54) is 19.3 Å². The van der Waals surface area contributed by atoms with Crippen molar-refractivity contribution < 1.29 is 0 Å². The van der Waals surface area contributed by atoms with Gasteiger partial charge in [0.2, 0.25) is 5.96 Å². The zero-order valence-corrected chi connectivity index (χ0v) is 12.2. The van der Waals surface area contributed by atoms with Crippen molar-refractivity contribution in [1.29, 1.82) is 0 Å². The summed E-state index contributed by atoms with van der Waals surface area (Å²) < 4.78 is 0. The lowest BCUT2D eigenvalue weighted by Gasteiger charge is -2.00. The van der Waals surface area contributed by atoms with Crippen LogP contribution in [0.3, 0.4) is 0 Å². The Morgan fingerprint density at radius 3 is 2.35 bits per heavy atom. The second-order valence-electron chi connectivity index (χ2n) is 4.03. The van der Waals surface area contributed by atoms with Gasteiger partial charge in [-0.25, -0.2) is 4.99 Å². The lowest BCUT2D eigenvalue weighted by atomic mass is 10.1. The molecule has 0 saturated heterocycles. The molecule has 0 aliphatic carbocycles. The van der Waals surface area contributed by atoms with E-state index in [1.54, 1.807) is 0 Å². The van der Waals surface area contributed by atoms with Gasteiger partial charge in [0, 0.05) is 12.3 Å². The second kappa shape index (κ2) is 11.8. The highest BCUT2D eigenvalue weighted by Crippen LogP contribution is 2.02. The smallest absolute Gasteiger partial charge is 0.215 e. The predicted molar refractivity (Wildman–Crippen MR) is 82.0 cm³/mol. The molecular formula is C13H26N3P. The highest BCUT2D eigenvalue weighted by Gasteiger charge is 1.94. The Kier molecular flexibility index (Phi) is 11.3. The summed E-state index contributed by atoms with van der Waals surface area (Å²) in [4.78, 5) is 8.56. The monoisotopic (exact) mass is 255 g/mol. The fourth-order valence-corrected chi connectivity index (χ4v) is 1.71. The molecule has 0 saturated carbocycles. The van der Waals surface area contributed by atoms with E-state index in [9.17, 15) is 0 Å². The van der Waals surface area contributed by atoms with Crippen molar-refractivity contribution in [3.8, 4) is 0 Å². The summed E-state index contributed by atoms with van der Waals surface area (Å²) in [7, 11) is 3.35. The number of aliphatic imine (C=N–C) groups is 2. The first-order valence-electron chi connectivity index (χ1n) is 6.59. The molecule has 2 N–H and O–H groups in total. The maximum absolute atomic E-state index is 5.74. The third kappa shape index (κ3) is 10.2. The Bertz CT molecular complexity index is 253. The fraction of sp³-hybridized carbons (Fsp3) is 0.769. The molecule has 0 spiro atoms. The van der Waals surface area contributed by atoms with Crippen molar-refractivity contribution >= 4 is 26.3 Å². The number of hydrogen-bond acceptors (Lipinski definition) is 1. The summed E-state index contributed by atoms with van der Waals surface area (Å²) in [5, 5.41) is 0. The second-order valence-corrected chi connectivity index (χ2v) is 4.44. The van der Waals surface area contributed by atoms with Gasteiger partial charge in [-0.3, -0.25) is 4.99 Å². The molecular weight excluding hydrogens is 229 g/mol. The van der Waals surface area contributed by atoms with E-state index in [0.717, 1.165) is 37.9 Å². The summed E-state index contributed by atoms with van der Waals surface area (Å²) in [5.74, 6) is 2.47. The molecule has 3 nitrogen and oxygen atoms in total. The van der Waals surface area contributed by atoms with E-state index in [-0.39, 0.29) is 0 Å². The molecule has 17 heavy (non-hydrogen) atoms. The lowest BCUT2D eigenvalue weighted by Crippen LogP contribution is -2.12. The summed E-state index contributed by atoms with van der Waals surface area (Å²) in [6.45, 7) is 4.99. The molecule has 0 atom stereocenters. The zero-order valence-electron chi connectivity index (χ0n) is 11.2. The van der Waals surface area contributed by atoms with Crippen LogP contribution in [0.2, 0.25) is 0 Å². The van der Waals surface area contributed by atoms with Crippen molar-refractivity contribution in [3.63, 3.8) is 0 Å². The van der Waals surface area contributed by atoms with Crippen LogP contribution in [0.15, 0.2) is 9.98 Å². The fourth-order valence-electron chi connectivity index (χ4n) is 1.51. The van der Waals surface area contributed by atoms with Crippen molar-refractivity contribution in [3.05, 3.63) is 0 Å². The summed E-state index contributed by atoms with van der Waals surface area (Å²) >= 11 is 0. The van der Waals surface area contributed by atoms with E-state index >= 15 is 0 Å². The number of nitrogens with zero attached hydrogens (tertiary/aromatic N) is 2. The molecule has 98 valence electrons. The van der Waals surface area contributed by atoms with Crippen LogP contribution in [0, 0.1) is 0 Å². The van der Waals surface area contributed by atoms with E-state index in [0.29, 0.717) is 5.96 Å². The maximum atomic E-state index is 5.74. The van der Waals surface area contributed by atoms with Gasteiger partial charge in [0.15, 0.2) is 0 Å². The highest BCUT2D eigenvalue weighted by atomic mass is 31.0. The van der Waals surface area contributed by atoms with Gasteiger partial charge in [0.1, 0.15) is 0 Å². The number of rotatable bonds is 9. The Morgan fingerprint density at radius 1 is 1.12 bits per heavy atom. The molecule has 0 bridgehead atoms. The molecule has 0 heterocycles. The molecule has 0 aliphatic rings.